The Labute approximate surface area is 271 Å². The number of aryl methyl sites for hydroxylation is 1. The van der Waals surface area contributed by atoms with Crippen LogP contribution in [0.15, 0.2) is 52.2 Å². The van der Waals surface area contributed by atoms with Crippen molar-refractivity contribution in [3.05, 3.63) is 69.9 Å². The molecule has 0 bridgehead atoms. The number of hydrogen-bond donors (Lipinski definition) is 2. The van der Waals surface area contributed by atoms with Crippen LogP contribution < -0.4 is 15.0 Å². The molecule has 0 amide bonds. The Morgan fingerprint density at radius 3 is 2.52 bits per heavy atom. The highest BCUT2D eigenvalue weighted by Crippen LogP contribution is 2.33. The van der Waals surface area contributed by atoms with E-state index in [2.05, 4.69) is 18.8 Å². The van der Waals surface area contributed by atoms with Crippen LogP contribution in [0, 0.1) is 6.92 Å². The fraction of sp³-hybridized carbons (Fsp3) is 0.500. The number of nitrogens with zero attached hydrogens (tertiary/aromatic N) is 4. The lowest BCUT2D eigenvalue weighted by molar-refractivity contribution is 0.267. The highest BCUT2D eigenvalue weighted by molar-refractivity contribution is 7.89. The van der Waals surface area contributed by atoms with E-state index in [4.69, 9.17) is 19.6 Å². The van der Waals surface area contributed by atoms with Crippen molar-refractivity contribution in [3.63, 3.8) is 0 Å². The normalized spacial score (nSPS) is 12.6. The minimum atomic E-state index is -4.08. The minimum Gasteiger partial charge on any atom is -0.496 e. The van der Waals surface area contributed by atoms with Crippen molar-refractivity contribution < 1.29 is 23.0 Å². The van der Waals surface area contributed by atoms with Gasteiger partial charge in [0, 0.05) is 31.2 Å². The molecule has 0 spiro atoms. The molecule has 4 rings (SSSR count). The van der Waals surface area contributed by atoms with Gasteiger partial charge in [0.05, 0.1) is 29.9 Å². The van der Waals surface area contributed by atoms with Gasteiger partial charge in [0.2, 0.25) is 10.0 Å². The van der Waals surface area contributed by atoms with Crippen molar-refractivity contribution in [2.45, 2.75) is 90.0 Å². The summed E-state index contributed by atoms with van der Waals surface area (Å²) < 4.78 is 42.6. The molecule has 2 aromatic carbocycles. The first kappa shape index (κ1) is 35.1. The fourth-order valence-electron chi connectivity index (χ4n) is 5.75. The Morgan fingerprint density at radius 2 is 1.83 bits per heavy atom. The average molecular weight is 654 g/mol. The monoisotopic (exact) mass is 653 g/mol. The number of hydrogen-bond acceptors (Lipinski definition) is 8. The van der Waals surface area contributed by atoms with Crippen LogP contribution in [0.4, 0.5) is 0 Å². The van der Waals surface area contributed by atoms with E-state index < -0.39 is 10.0 Å². The third-order valence-corrected chi connectivity index (χ3v) is 10.1. The lowest BCUT2D eigenvalue weighted by atomic mass is 9.97. The first-order chi connectivity index (χ1) is 22.2. The molecule has 11 nitrogen and oxygen atoms in total. The topological polar surface area (TPSA) is 139 Å². The van der Waals surface area contributed by atoms with Crippen LogP contribution in [0.3, 0.4) is 0 Å². The van der Waals surface area contributed by atoms with E-state index in [9.17, 15) is 18.3 Å². The first-order valence-electron chi connectivity index (χ1n) is 16.2. The number of nitrogens with one attached hydrogen (secondary N) is 1. The maximum Gasteiger partial charge on any atom is 0.277 e. The molecule has 4 aromatic rings. The number of aromatic amines is 1. The number of imidazole rings is 1. The number of aliphatic hydroxyl groups is 1. The van der Waals surface area contributed by atoms with E-state index in [-0.39, 0.29) is 48.3 Å². The van der Waals surface area contributed by atoms with Crippen molar-refractivity contribution >= 4 is 15.5 Å². The highest BCUT2D eigenvalue weighted by atomic mass is 32.2. The molecule has 2 aromatic heterocycles. The van der Waals surface area contributed by atoms with Gasteiger partial charge in [0.15, 0.2) is 11.3 Å². The summed E-state index contributed by atoms with van der Waals surface area (Å²) in [4.78, 5) is 21.2. The van der Waals surface area contributed by atoms with Gasteiger partial charge >= 0.3 is 0 Å². The molecule has 0 aliphatic carbocycles. The van der Waals surface area contributed by atoms with Crippen LogP contribution in [-0.2, 0) is 16.6 Å². The quantitative estimate of drug-likeness (QED) is 0.128. The molecule has 250 valence electrons. The lowest BCUT2D eigenvalue weighted by Crippen LogP contribution is -2.32. The number of benzene rings is 2. The lowest BCUT2D eigenvalue weighted by Gasteiger charge is -2.23. The van der Waals surface area contributed by atoms with E-state index in [0.717, 1.165) is 37.9 Å². The molecule has 12 heteroatoms. The van der Waals surface area contributed by atoms with Gasteiger partial charge in [0.1, 0.15) is 17.3 Å². The van der Waals surface area contributed by atoms with Crippen LogP contribution in [0.25, 0.3) is 16.9 Å². The molecule has 0 radical (unpaired) electrons. The second-order valence-corrected chi connectivity index (χ2v) is 13.3. The Hall–Kier alpha value is -3.74. The Morgan fingerprint density at radius 1 is 1.04 bits per heavy atom. The summed E-state index contributed by atoms with van der Waals surface area (Å²) in [6.07, 6.45) is 6.57. The van der Waals surface area contributed by atoms with Crippen LogP contribution in [0.2, 0.25) is 0 Å². The van der Waals surface area contributed by atoms with Gasteiger partial charge < -0.3 is 19.6 Å². The van der Waals surface area contributed by atoms with Gasteiger partial charge in [-0.25, -0.2) is 17.9 Å². The fourth-order valence-corrected chi connectivity index (χ4v) is 7.24. The van der Waals surface area contributed by atoms with Crippen molar-refractivity contribution in [2.24, 2.45) is 0 Å². The number of H-pyrrole nitrogens is 1. The molecular formula is C34H47N5O6S. The number of aliphatic hydroxyl groups excluding tert-OH is 1. The van der Waals surface area contributed by atoms with Crippen LogP contribution in [-0.4, -0.2) is 64.3 Å². The maximum atomic E-state index is 14.2. The summed E-state index contributed by atoms with van der Waals surface area (Å²) in [6.45, 7) is 8.24. The van der Waals surface area contributed by atoms with Crippen molar-refractivity contribution in [1.29, 1.82) is 0 Å². The molecular weight excluding hydrogens is 606 g/mol. The van der Waals surface area contributed by atoms with Crippen molar-refractivity contribution in [3.8, 4) is 22.9 Å². The summed E-state index contributed by atoms with van der Waals surface area (Å²) in [5.74, 6) is 1.99. The second kappa shape index (κ2) is 16.2. The SMILES string of the molecule is CCCCCCC(CC)c1nc(C)c2c(=O)[nH]c(-c3cc(S(=O)(=O)N(CCCO)Cc4ccccc4OC)ccc3OCC)nn12. The van der Waals surface area contributed by atoms with E-state index in [0.29, 0.717) is 40.4 Å². The second-order valence-electron chi connectivity index (χ2n) is 11.4. The number of methoxy groups -OCH3 is 1. The third-order valence-electron chi connectivity index (χ3n) is 8.21. The molecule has 0 saturated carbocycles. The number of fused-ring (bicyclic) bond motifs is 1. The summed E-state index contributed by atoms with van der Waals surface area (Å²) in [6, 6.07) is 11.8. The average Bonchev–Trinajstić information content (AvgIpc) is 3.39. The number of rotatable bonds is 18. The first-order valence-corrected chi connectivity index (χ1v) is 17.6. The van der Waals surface area contributed by atoms with E-state index in [1.54, 1.807) is 23.6 Å². The van der Waals surface area contributed by atoms with Gasteiger partial charge in [-0.15, -0.1) is 5.10 Å². The van der Waals surface area contributed by atoms with Gasteiger partial charge in [0.25, 0.3) is 5.56 Å². The van der Waals surface area contributed by atoms with Crippen molar-refractivity contribution in [1.82, 2.24) is 23.9 Å². The summed E-state index contributed by atoms with van der Waals surface area (Å²) in [5.41, 5.74) is 1.64. The van der Waals surface area contributed by atoms with Gasteiger partial charge in [-0.05, 0) is 57.4 Å². The summed E-state index contributed by atoms with van der Waals surface area (Å²) in [7, 11) is -2.54. The molecule has 1 unspecified atom stereocenters. The third kappa shape index (κ3) is 7.79. The van der Waals surface area contributed by atoms with E-state index in [1.165, 1.54) is 30.0 Å². The van der Waals surface area contributed by atoms with Gasteiger partial charge in [-0.3, -0.25) is 4.79 Å². The molecule has 0 saturated heterocycles. The maximum absolute atomic E-state index is 14.2. The zero-order valence-electron chi connectivity index (χ0n) is 27.6. The number of ether oxygens (including phenoxy) is 2. The standard InChI is InChI=1S/C34H47N5O6S/c1-6-9-10-11-15-25(7-2)33-35-24(4)31-34(41)36-32(37-39(31)33)28-22-27(18-19-30(28)45-8-3)46(42,43)38(20-14-21-40)23-26-16-12-13-17-29(26)44-5/h12-13,16-19,22,25,40H,6-11,14-15,20-21,23H2,1-5H3,(H,36,37,41). The minimum absolute atomic E-state index is 0.00549. The van der Waals surface area contributed by atoms with E-state index >= 15 is 0 Å². The molecule has 2 heterocycles. The number of sulfonamides is 1. The largest absolute Gasteiger partial charge is 0.496 e. The predicted molar refractivity (Wildman–Crippen MR) is 179 cm³/mol. The number of para-hydroxylation sites is 1. The summed E-state index contributed by atoms with van der Waals surface area (Å²) in [5, 5.41) is 14.4. The molecule has 0 aliphatic rings. The zero-order valence-corrected chi connectivity index (χ0v) is 28.4. The van der Waals surface area contributed by atoms with Crippen LogP contribution in [0.1, 0.15) is 88.7 Å². The van der Waals surface area contributed by atoms with Crippen molar-refractivity contribution in [2.75, 3.05) is 26.9 Å². The molecule has 0 aliphatic heterocycles. The van der Waals surface area contributed by atoms with Crippen LogP contribution >= 0.6 is 0 Å². The Bertz CT molecular complexity index is 1770. The molecule has 1 atom stereocenters. The predicted octanol–water partition coefficient (Wildman–Crippen LogP) is 5.84. The van der Waals surface area contributed by atoms with Crippen LogP contribution in [0.5, 0.6) is 11.5 Å². The highest BCUT2D eigenvalue weighted by Gasteiger charge is 2.28. The molecule has 46 heavy (non-hydrogen) atoms. The number of unbranched alkanes of at least 4 members (excludes halogenated alkanes) is 3. The van der Waals surface area contributed by atoms with Gasteiger partial charge in [-0.2, -0.15) is 4.31 Å². The Kier molecular flexibility index (Phi) is 12.4. The molecule has 2 N–H and O–H groups in total. The molecule has 0 fully saturated rings. The van der Waals surface area contributed by atoms with Gasteiger partial charge in [-0.1, -0.05) is 57.7 Å². The smallest absolute Gasteiger partial charge is 0.277 e. The zero-order chi connectivity index (χ0) is 33.3. The summed E-state index contributed by atoms with van der Waals surface area (Å²) >= 11 is 0. The number of aromatic nitrogens is 4. The van der Waals surface area contributed by atoms with E-state index in [1.807, 2.05) is 25.1 Å². The Balaban J connectivity index is 1.82.